The van der Waals surface area contributed by atoms with Gasteiger partial charge in [-0.3, -0.25) is 4.68 Å². The summed E-state index contributed by atoms with van der Waals surface area (Å²) in [6, 6.07) is 0. The molecule has 3 N–H and O–H groups in total. The van der Waals surface area contributed by atoms with Crippen molar-refractivity contribution in [3.8, 4) is 11.6 Å². The van der Waals surface area contributed by atoms with E-state index in [1.807, 2.05) is 20.0 Å². The fraction of sp³-hybridized carbons (Fsp3) is 0.462. The van der Waals surface area contributed by atoms with E-state index in [9.17, 15) is 0 Å². The minimum absolute atomic E-state index is 0.507. The lowest BCUT2D eigenvalue weighted by Crippen LogP contribution is -2.13. The van der Waals surface area contributed by atoms with Gasteiger partial charge in [-0.2, -0.15) is 10.1 Å². The number of nitrogens with one attached hydrogen (secondary N) is 1. The molecule has 0 atom stereocenters. The molecule has 0 radical (unpaired) electrons. The SMILES string of the molecule is CCCc1nc(NN)c(C)c(Oc2cnn(CC)c2)n1. The maximum Gasteiger partial charge on any atom is 0.227 e. The highest BCUT2D eigenvalue weighted by Crippen LogP contribution is 2.26. The van der Waals surface area contributed by atoms with Crippen LogP contribution in [0.25, 0.3) is 0 Å². The van der Waals surface area contributed by atoms with Gasteiger partial charge in [-0.25, -0.2) is 10.8 Å². The van der Waals surface area contributed by atoms with Gasteiger partial charge in [0.1, 0.15) is 11.6 Å². The van der Waals surface area contributed by atoms with Crippen molar-refractivity contribution in [2.45, 2.75) is 40.2 Å². The van der Waals surface area contributed by atoms with E-state index in [1.54, 1.807) is 10.9 Å². The molecule has 108 valence electrons. The van der Waals surface area contributed by atoms with E-state index < -0.39 is 0 Å². The molecule has 0 aliphatic carbocycles. The summed E-state index contributed by atoms with van der Waals surface area (Å²) in [4.78, 5) is 8.79. The molecule has 0 amide bonds. The maximum atomic E-state index is 5.79. The monoisotopic (exact) mass is 276 g/mol. The van der Waals surface area contributed by atoms with Crippen LogP contribution in [0.5, 0.6) is 11.6 Å². The van der Waals surface area contributed by atoms with Crippen LogP contribution < -0.4 is 16.0 Å². The van der Waals surface area contributed by atoms with E-state index >= 15 is 0 Å². The lowest BCUT2D eigenvalue weighted by Gasteiger charge is -2.11. The Kier molecular flexibility index (Phi) is 4.52. The van der Waals surface area contributed by atoms with Gasteiger partial charge in [-0.05, 0) is 20.3 Å². The quantitative estimate of drug-likeness (QED) is 0.619. The number of ether oxygens (including phenoxy) is 1. The molecule has 0 unspecified atom stereocenters. The normalized spacial score (nSPS) is 10.6. The van der Waals surface area contributed by atoms with Crippen molar-refractivity contribution in [2.24, 2.45) is 5.84 Å². The van der Waals surface area contributed by atoms with Crippen LogP contribution in [0.15, 0.2) is 12.4 Å². The highest BCUT2D eigenvalue weighted by molar-refractivity contribution is 5.48. The van der Waals surface area contributed by atoms with Crippen molar-refractivity contribution in [1.29, 1.82) is 0 Å². The number of hydrazine groups is 1. The molecule has 20 heavy (non-hydrogen) atoms. The number of rotatable bonds is 6. The average Bonchev–Trinajstić information content (AvgIpc) is 2.90. The molecule has 2 aromatic heterocycles. The number of nitrogens with two attached hydrogens (primary N) is 1. The van der Waals surface area contributed by atoms with Gasteiger partial charge in [-0.1, -0.05) is 6.92 Å². The van der Waals surface area contributed by atoms with E-state index in [2.05, 4.69) is 27.4 Å². The first-order valence-electron chi connectivity index (χ1n) is 6.72. The van der Waals surface area contributed by atoms with Gasteiger partial charge in [0, 0.05) is 13.0 Å². The molecule has 2 rings (SSSR count). The molecular formula is C13H20N6O. The number of aryl methyl sites for hydroxylation is 2. The Morgan fingerprint density at radius 1 is 1.35 bits per heavy atom. The van der Waals surface area contributed by atoms with Gasteiger partial charge >= 0.3 is 0 Å². The summed E-state index contributed by atoms with van der Waals surface area (Å²) in [6.45, 7) is 6.75. The van der Waals surface area contributed by atoms with E-state index in [0.29, 0.717) is 23.3 Å². The molecule has 2 heterocycles. The third kappa shape index (κ3) is 3.05. The summed E-state index contributed by atoms with van der Waals surface area (Å²) >= 11 is 0. The van der Waals surface area contributed by atoms with Gasteiger partial charge in [0.2, 0.25) is 5.88 Å². The Bertz CT molecular complexity index is 580. The van der Waals surface area contributed by atoms with E-state index in [-0.39, 0.29) is 0 Å². The van der Waals surface area contributed by atoms with E-state index in [4.69, 9.17) is 10.6 Å². The van der Waals surface area contributed by atoms with Crippen molar-refractivity contribution in [2.75, 3.05) is 5.43 Å². The summed E-state index contributed by atoms with van der Waals surface area (Å²) in [5.41, 5.74) is 3.36. The van der Waals surface area contributed by atoms with E-state index in [0.717, 1.165) is 24.9 Å². The zero-order valence-electron chi connectivity index (χ0n) is 12.1. The summed E-state index contributed by atoms with van der Waals surface area (Å²) in [7, 11) is 0. The minimum Gasteiger partial charge on any atom is -0.435 e. The largest absolute Gasteiger partial charge is 0.435 e. The second-order valence-electron chi connectivity index (χ2n) is 4.45. The predicted octanol–water partition coefficient (Wildman–Crippen LogP) is 2.03. The Morgan fingerprint density at radius 2 is 2.15 bits per heavy atom. The summed E-state index contributed by atoms with van der Waals surface area (Å²) in [5, 5.41) is 4.17. The van der Waals surface area contributed by atoms with Crippen LogP contribution in [0.4, 0.5) is 5.82 Å². The Hall–Kier alpha value is -2.15. The first-order valence-corrected chi connectivity index (χ1v) is 6.72. The van der Waals surface area contributed by atoms with Gasteiger partial charge in [0.25, 0.3) is 0 Å². The van der Waals surface area contributed by atoms with Crippen LogP contribution in [0.2, 0.25) is 0 Å². The number of hydrogen-bond acceptors (Lipinski definition) is 6. The second kappa shape index (κ2) is 6.33. The zero-order chi connectivity index (χ0) is 14.5. The molecule has 0 bridgehead atoms. The summed E-state index contributed by atoms with van der Waals surface area (Å²) in [6.07, 6.45) is 5.23. The molecule has 0 aliphatic heterocycles. The van der Waals surface area contributed by atoms with Crippen molar-refractivity contribution in [1.82, 2.24) is 19.7 Å². The lowest BCUT2D eigenvalue weighted by atomic mass is 10.3. The van der Waals surface area contributed by atoms with Crippen LogP contribution in [-0.2, 0) is 13.0 Å². The van der Waals surface area contributed by atoms with E-state index in [1.165, 1.54) is 0 Å². The zero-order valence-corrected chi connectivity index (χ0v) is 12.1. The topological polar surface area (TPSA) is 90.9 Å². The Balaban J connectivity index is 2.31. The molecule has 0 aromatic carbocycles. The first kappa shape index (κ1) is 14.3. The Morgan fingerprint density at radius 3 is 2.75 bits per heavy atom. The molecule has 0 saturated heterocycles. The lowest BCUT2D eigenvalue weighted by molar-refractivity contribution is 0.453. The highest BCUT2D eigenvalue weighted by Gasteiger charge is 2.12. The molecule has 0 spiro atoms. The van der Waals surface area contributed by atoms with Crippen LogP contribution >= 0.6 is 0 Å². The smallest absolute Gasteiger partial charge is 0.227 e. The van der Waals surface area contributed by atoms with Gasteiger partial charge < -0.3 is 10.2 Å². The molecule has 7 heteroatoms. The third-order valence-corrected chi connectivity index (χ3v) is 2.91. The molecule has 2 aromatic rings. The van der Waals surface area contributed by atoms with Crippen LogP contribution in [0, 0.1) is 6.92 Å². The third-order valence-electron chi connectivity index (χ3n) is 2.91. The summed E-state index contributed by atoms with van der Waals surface area (Å²) in [5.74, 6) is 7.95. The van der Waals surface area contributed by atoms with Crippen LogP contribution in [0.1, 0.15) is 31.7 Å². The van der Waals surface area contributed by atoms with Crippen molar-refractivity contribution < 1.29 is 4.74 Å². The number of anilines is 1. The number of nitrogens with zero attached hydrogens (tertiary/aromatic N) is 4. The Labute approximate surface area is 118 Å². The average molecular weight is 276 g/mol. The van der Waals surface area contributed by atoms with Crippen molar-refractivity contribution in [3.05, 3.63) is 23.8 Å². The second-order valence-corrected chi connectivity index (χ2v) is 4.45. The summed E-state index contributed by atoms with van der Waals surface area (Å²) < 4.78 is 7.58. The molecular weight excluding hydrogens is 256 g/mol. The maximum absolute atomic E-state index is 5.79. The molecule has 0 aliphatic rings. The van der Waals surface area contributed by atoms with Gasteiger partial charge in [0.15, 0.2) is 5.75 Å². The number of nitrogen functional groups attached to an aromatic ring is 1. The van der Waals surface area contributed by atoms with Gasteiger partial charge in [-0.15, -0.1) is 0 Å². The standard InChI is InChI=1S/C13H20N6O/c1-4-6-11-16-12(18-14)9(3)13(17-11)20-10-7-15-19(5-2)8-10/h7-8H,4-6,14H2,1-3H3,(H,16,17,18). The van der Waals surface area contributed by atoms with Crippen molar-refractivity contribution >= 4 is 5.82 Å². The van der Waals surface area contributed by atoms with Crippen LogP contribution in [-0.4, -0.2) is 19.7 Å². The fourth-order valence-electron chi connectivity index (χ4n) is 1.80. The minimum atomic E-state index is 0.507. The number of aromatic nitrogens is 4. The first-order chi connectivity index (χ1) is 9.67. The fourth-order valence-corrected chi connectivity index (χ4v) is 1.80. The molecule has 0 fully saturated rings. The molecule has 0 saturated carbocycles. The molecule has 7 nitrogen and oxygen atoms in total. The van der Waals surface area contributed by atoms with Crippen LogP contribution in [0.3, 0.4) is 0 Å². The predicted molar refractivity (Wildman–Crippen MR) is 76.5 cm³/mol. The number of hydrogen-bond donors (Lipinski definition) is 2. The highest BCUT2D eigenvalue weighted by atomic mass is 16.5. The van der Waals surface area contributed by atoms with Gasteiger partial charge in [0.05, 0.1) is 18.0 Å². The van der Waals surface area contributed by atoms with Crippen molar-refractivity contribution in [3.63, 3.8) is 0 Å².